The summed E-state index contributed by atoms with van der Waals surface area (Å²) in [5, 5.41) is 0.854. The Morgan fingerprint density at radius 3 is 2.53 bits per heavy atom. The summed E-state index contributed by atoms with van der Waals surface area (Å²) in [6, 6.07) is 1.60. The maximum absolute atomic E-state index is 6.11. The predicted molar refractivity (Wildman–Crippen MR) is 81.5 cm³/mol. The van der Waals surface area contributed by atoms with Crippen LogP contribution in [0.3, 0.4) is 0 Å². The first-order valence-corrected chi connectivity index (χ1v) is 7.09. The first-order valence-electron chi connectivity index (χ1n) is 5.54. The summed E-state index contributed by atoms with van der Waals surface area (Å²) in [4.78, 5) is 12.8. The van der Waals surface area contributed by atoms with Crippen LogP contribution < -0.4 is 5.73 Å². The highest BCUT2D eigenvalue weighted by molar-refractivity contribution is 9.10. The van der Waals surface area contributed by atoms with Gasteiger partial charge in [-0.2, -0.15) is 0 Å². The average molecular weight is 362 g/mol. The Labute approximate surface area is 129 Å². The SMILES string of the molecule is CC(C)c1nc(-c2ncc(Cl)cc2Cl)nc(N)c1Br. The molecule has 2 aromatic rings. The number of nitrogen functional groups attached to an aromatic ring is 1. The zero-order valence-corrected chi connectivity index (χ0v) is 13.4. The molecule has 0 saturated carbocycles. The normalized spacial score (nSPS) is 11.1. The van der Waals surface area contributed by atoms with Crippen molar-refractivity contribution in [3.8, 4) is 11.5 Å². The van der Waals surface area contributed by atoms with Gasteiger partial charge in [0.25, 0.3) is 0 Å². The Kier molecular flexibility index (Phi) is 4.28. The number of pyridine rings is 1. The van der Waals surface area contributed by atoms with E-state index in [-0.39, 0.29) is 5.92 Å². The van der Waals surface area contributed by atoms with Crippen LogP contribution in [0, 0.1) is 0 Å². The zero-order valence-electron chi connectivity index (χ0n) is 10.3. The van der Waals surface area contributed by atoms with E-state index in [1.54, 1.807) is 6.07 Å². The van der Waals surface area contributed by atoms with E-state index in [0.29, 0.717) is 31.9 Å². The molecule has 0 aliphatic rings. The number of anilines is 1. The summed E-state index contributed by atoms with van der Waals surface area (Å²) in [5.41, 5.74) is 7.16. The fourth-order valence-electron chi connectivity index (χ4n) is 1.55. The number of halogens is 3. The molecule has 0 fully saturated rings. The van der Waals surface area contributed by atoms with E-state index in [4.69, 9.17) is 28.9 Å². The molecule has 0 spiro atoms. The third-order valence-electron chi connectivity index (χ3n) is 2.47. The summed E-state index contributed by atoms with van der Waals surface area (Å²) in [7, 11) is 0. The minimum Gasteiger partial charge on any atom is -0.383 e. The van der Waals surface area contributed by atoms with Crippen LogP contribution in [0.2, 0.25) is 10.0 Å². The molecule has 0 bridgehead atoms. The topological polar surface area (TPSA) is 64.7 Å². The second kappa shape index (κ2) is 5.61. The number of hydrogen-bond acceptors (Lipinski definition) is 4. The molecule has 2 N–H and O–H groups in total. The maximum Gasteiger partial charge on any atom is 0.182 e. The van der Waals surface area contributed by atoms with Crippen molar-refractivity contribution in [1.29, 1.82) is 0 Å². The molecule has 0 aliphatic carbocycles. The average Bonchev–Trinajstić information content (AvgIpc) is 2.32. The summed E-state index contributed by atoms with van der Waals surface area (Å²) >= 11 is 15.3. The van der Waals surface area contributed by atoms with Gasteiger partial charge in [0.1, 0.15) is 11.5 Å². The standard InChI is InChI=1S/C12H11BrCl2N4/c1-5(2)9-8(13)11(16)19-12(18-9)10-7(15)3-6(14)4-17-10/h3-5H,1-2H3,(H2,16,18,19). The van der Waals surface area contributed by atoms with E-state index in [0.717, 1.165) is 5.69 Å². The molecule has 0 saturated heterocycles. The highest BCUT2D eigenvalue weighted by atomic mass is 79.9. The molecule has 0 aromatic carbocycles. The van der Waals surface area contributed by atoms with Crippen molar-refractivity contribution >= 4 is 44.9 Å². The van der Waals surface area contributed by atoms with Crippen molar-refractivity contribution < 1.29 is 0 Å². The van der Waals surface area contributed by atoms with Crippen molar-refractivity contribution in [2.45, 2.75) is 19.8 Å². The number of nitrogens with zero attached hydrogens (tertiary/aromatic N) is 3. The lowest BCUT2D eigenvalue weighted by Gasteiger charge is -2.11. The minimum atomic E-state index is 0.199. The minimum absolute atomic E-state index is 0.199. The number of nitrogens with two attached hydrogens (primary N) is 1. The van der Waals surface area contributed by atoms with Crippen molar-refractivity contribution in [3.63, 3.8) is 0 Å². The Morgan fingerprint density at radius 2 is 1.95 bits per heavy atom. The summed E-state index contributed by atoms with van der Waals surface area (Å²) < 4.78 is 0.705. The molecule has 7 heteroatoms. The molecule has 100 valence electrons. The molecule has 0 amide bonds. The third kappa shape index (κ3) is 2.99. The molecular formula is C12H11BrCl2N4. The van der Waals surface area contributed by atoms with Gasteiger partial charge < -0.3 is 5.73 Å². The van der Waals surface area contributed by atoms with Gasteiger partial charge in [-0.25, -0.2) is 15.0 Å². The lowest BCUT2D eigenvalue weighted by molar-refractivity contribution is 0.810. The summed E-state index contributed by atoms with van der Waals surface area (Å²) in [6.45, 7) is 4.04. The van der Waals surface area contributed by atoms with E-state index in [1.165, 1.54) is 6.20 Å². The second-order valence-electron chi connectivity index (χ2n) is 4.27. The Balaban J connectivity index is 2.63. The van der Waals surface area contributed by atoms with Gasteiger partial charge in [-0.15, -0.1) is 0 Å². The van der Waals surface area contributed by atoms with E-state index in [1.807, 2.05) is 13.8 Å². The molecule has 0 atom stereocenters. The number of hydrogen-bond donors (Lipinski definition) is 1. The van der Waals surface area contributed by atoms with Crippen LogP contribution in [0.1, 0.15) is 25.5 Å². The molecule has 0 unspecified atom stereocenters. The molecular weight excluding hydrogens is 351 g/mol. The van der Waals surface area contributed by atoms with Crippen molar-refractivity contribution in [2.24, 2.45) is 0 Å². The van der Waals surface area contributed by atoms with E-state index < -0.39 is 0 Å². The summed E-state index contributed by atoms with van der Waals surface area (Å²) in [5.74, 6) is 0.956. The van der Waals surface area contributed by atoms with E-state index in [9.17, 15) is 0 Å². The smallest absolute Gasteiger partial charge is 0.182 e. The molecule has 2 aromatic heterocycles. The van der Waals surface area contributed by atoms with Crippen LogP contribution in [-0.2, 0) is 0 Å². The Morgan fingerprint density at radius 1 is 1.26 bits per heavy atom. The van der Waals surface area contributed by atoms with Gasteiger partial charge in [-0.1, -0.05) is 37.0 Å². The van der Waals surface area contributed by atoms with Crippen molar-refractivity contribution in [1.82, 2.24) is 15.0 Å². The fraction of sp³-hybridized carbons (Fsp3) is 0.250. The number of rotatable bonds is 2. The fourth-order valence-corrected chi connectivity index (χ4v) is 2.65. The molecule has 0 aliphatic heterocycles. The predicted octanol–water partition coefficient (Wildman–Crippen LogP) is 4.31. The van der Waals surface area contributed by atoms with Gasteiger partial charge in [0.15, 0.2) is 5.82 Å². The van der Waals surface area contributed by atoms with Crippen molar-refractivity contribution in [3.05, 3.63) is 32.5 Å². The first-order chi connectivity index (χ1) is 8.90. The van der Waals surface area contributed by atoms with Crippen LogP contribution in [0.25, 0.3) is 11.5 Å². The van der Waals surface area contributed by atoms with Gasteiger partial charge in [0.2, 0.25) is 0 Å². The van der Waals surface area contributed by atoms with Gasteiger partial charge in [-0.3, -0.25) is 0 Å². The van der Waals surface area contributed by atoms with E-state index in [2.05, 4.69) is 30.9 Å². The first kappa shape index (κ1) is 14.5. The van der Waals surface area contributed by atoms with E-state index >= 15 is 0 Å². The Hall–Kier alpha value is -0.910. The third-order valence-corrected chi connectivity index (χ3v) is 3.78. The van der Waals surface area contributed by atoms with Crippen molar-refractivity contribution in [2.75, 3.05) is 5.73 Å². The van der Waals surface area contributed by atoms with Crippen LogP contribution in [0.15, 0.2) is 16.7 Å². The maximum atomic E-state index is 6.11. The molecule has 4 nitrogen and oxygen atoms in total. The van der Waals surface area contributed by atoms with Gasteiger partial charge in [-0.05, 0) is 27.9 Å². The highest BCUT2D eigenvalue weighted by Crippen LogP contribution is 2.31. The van der Waals surface area contributed by atoms with Gasteiger partial charge >= 0.3 is 0 Å². The zero-order chi connectivity index (χ0) is 14.2. The molecule has 0 radical (unpaired) electrons. The van der Waals surface area contributed by atoms with Gasteiger partial charge in [0, 0.05) is 6.20 Å². The summed E-state index contributed by atoms with van der Waals surface area (Å²) in [6.07, 6.45) is 1.50. The van der Waals surface area contributed by atoms with Crippen LogP contribution in [0.4, 0.5) is 5.82 Å². The van der Waals surface area contributed by atoms with Crippen LogP contribution in [0.5, 0.6) is 0 Å². The number of aromatic nitrogens is 3. The monoisotopic (exact) mass is 360 g/mol. The lowest BCUT2D eigenvalue weighted by atomic mass is 10.1. The highest BCUT2D eigenvalue weighted by Gasteiger charge is 2.16. The molecule has 2 rings (SSSR count). The van der Waals surface area contributed by atoms with Gasteiger partial charge in [0.05, 0.1) is 20.2 Å². The lowest BCUT2D eigenvalue weighted by Crippen LogP contribution is -2.05. The quantitative estimate of drug-likeness (QED) is 0.865. The molecule has 2 heterocycles. The largest absolute Gasteiger partial charge is 0.383 e. The molecule has 19 heavy (non-hydrogen) atoms. The van der Waals surface area contributed by atoms with Crippen LogP contribution >= 0.6 is 39.1 Å². The second-order valence-corrected chi connectivity index (χ2v) is 5.91. The van der Waals surface area contributed by atoms with Crippen LogP contribution in [-0.4, -0.2) is 15.0 Å². The Bertz CT molecular complexity index is 631.